The average Bonchev–Trinajstić information content (AvgIpc) is 3.15. The number of fused-ring (bicyclic) bond motifs is 6. The number of allylic oxidation sites excluding steroid dienone is 2. The van der Waals surface area contributed by atoms with Crippen LogP contribution in [0.25, 0.3) is 0 Å². The average molecular weight is 346 g/mol. The van der Waals surface area contributed by atoms with Crippen LogP contribution in [0.15, 0.2) is 23.8 Å². The standard InChI is InChI=1S/C21H30O4/c1-19-7-5-14(22)11-13(19)3-4-15-16-6-8-21(24-9-10-25-21)20(16,2)12-17(23)18(15)19/h3,6,8,14-18,22-23H,4-5,7,9-12H2,1-2H3/t14-,15-,16-,17+,18+,19-,20-/m0/s1. The van der Waals surface area contributed by atoms with Crippen molar-refractivity contribution < 1.29 is 19.7 Å². The van der Waals surface area contributed by atoms with Crippen molar-refractivity contribution in [3.8, 4) is 0 Å². The normalized spacial score (nSPS) is 53.3. The zero-order valence-electron chi connectivity index (χ0n) is 15.3. The highest BCUT2D eigenvalue weighted by molar-refractivity contribution is 5.31. The fourth-order valence-electron chi connectivity index (χ4n) is 7.07. The molecule has 1 saturated heterocycles. The van der Waals surface area contributed by atoms with Crippen LogP contribution in [0.5, 0.6) is 0 Å². The highest BCUT2D eigenvalue weighted by Crippen LogP contribution is 2.66. The molecule has 5 rings (SSSR count). The van der Waals surface area contributed by atoms with Crippen molar-refractivity contribution in [2.75, 3.05) is 13.2 Å². The molecular weight excluding hydrogens is 316 g/mol. The lowest BCUT2D eigenvalue weighted by Crippen LogP contribution is -2.60. The maximum atomic E-state index is 11.3. The monoisotopic (exact) mass is 346 g/mol. The van der Waals surface area contributed by atoms with E-state index < -0.39 is 5.79 Å². The first-order valence-electron chi connectivity index (χ1n) is 9.93. The van der Waals surface area contributed by atoms with Gasteiger partial charge in [-0.05, 0) is 61.3 Å². The molecule has 0 aromatic carbocycles. The Bertz CT molecular complexity index is 634. The third kappa shape index (κ3) is 1.97. The molecule has 3 fully saturated rings. The van der Waals surface area contributed by atoms with E-state index in [1.807, 2.05) is 0 Å². The molecule has 1 aliphatic heterocycles. The minimum atomic E-state index is -0.642. The van der Waals surface area contributed by atoms with Gasteiger partial charge in [-0.25, -0.2) is 0 Å². The van der Waals surface area contributed by atoms with E-state index in [1.165, 1.54) is 5.57 Å². The van der Waals surface area contributed by atoms with Gasteiger partial charge in [0.2, 0.25) is 0 Å². The largest absolute Gasteiger partial charge is 0.393 e. The van der Waals surface area contributed by atoms with Gasteiger partial charge in [-0.1, -0.05) is 31.6 Å². The van der Waals surface area contributed by atoms with Gasteiger partial charge >= 0.3 is 0 Å². The minimum Gasteiger partial charge on any atom is -0.393 e. The molecular formula is C21H30O4. The van der Waals surface area contributed by atoms with Crippen LogP contribution in [-0.2, 0) is 9.47 Å². The summed E-state index contributed by atoms with van der Waals surface area (Å²) in [6.45, 7) is 5.84. The maximum absolute atomic E-state index is 11.3. The molecule has 0 bridgehead atoms. The summed E-state index contributed by atoms with van der Waals surface area (Å²) in [6, 6.07) is 0. The molecule has 1 heterocycles. The molecule has 138 valence electrons. The van der Waals surface area contributed by atoms with E-state index in [9.17, 15) is 10.2 Å². The molecule has 25 heavy (non-hydrogen) atoms. The zero-order valence-corrected chi connectivity index (χ0v) is 15.3. The molecule has 5 aliphatic rings. The Morgan fingerprint density at radius 1 is 1.16 bits per heavy atom. The SMILES string of the molecule is C[C@]12CC[C@H](O)CC1=CC[C@@H]1[C@@H]2[C@H](O)C[C@@]2(C)[C@H]1C=CC21OCCO1. The number of rotatable bonds is 0. The molecule has 1 spiro atoms. The van der Waals surface area contributed by atoms with E-state index in [2.05, 4.69) is 32.1 Å². The fourth-order valence-corrected chi connectivity index (χ4v) is 7.07. The van der Waals surface area contributed by atoms with E-state index in [0.29, 0.717) is 25.0 Å². The van der Waals surface area contributed by atoms with Gasteiger partial charge in [-0.15, -0.1) is 0 Å². The lowest BCUT2D eigenvalue weighted by molar-refractivity contribution is -0.240. The van der Waals surface area contributed by atoms with Crippen molar-refractivity contribution in [2.24, 2.45) is 28.6 Å². The summed E-state index contributed by atoms with van der Waals surface area (Å²) in [4.78, 5) is 0. The topological polar surface area (TPSA) is 58.9 Å². The Balaban J connectivity index is 1.54. The van der Waals surface area contributed by atoms with Crippen LogP contribution in [0, 0.1) is 28.6 Å². The third-order valence-corrected chi connectivity index (χ3v) is 8.30. The van der Waals surface area contributed by atoms with Gasteiger partial charge in [-0.3, -0.25) is 0 Å². The summed E-state index contributed by atoms with van der Waals surface area (Å²) < 4.78 is 12.2. The van der Waals surface area contributed by atoms with E-state index >= 15 is 0 Å². The lowest BCUT2D eigenvalue weighted by atomic mass is 9.46. The highest BCUT2D eigenvalue weighted by Gasteiger charge is 2.66. The summed E-state index contributed by atoms with van der Waals surface area (Å²) in [7, 11) is 0. The first-order chi connectivity index (χ1) is 11.9. The zero-order chi connectivity index (χ0) is 17.4. The highest BCUT2D eigenvalue weighted by atomic mass is 16.7. The van der Waals surface area contributed by atoms with Crippen LogP contribution >= 0.6 is 0 Å². The smallest absolute Gasteiger partial charge is 0.194 e. The van der Waals surface area contributed by atoms with E-state index in [0.717, 1.165) is 32.1 Å². The van der Waals surface area contributed by atoms with Crippen molar-refractivity contribution in [3.05, 3.63) is 23.8 Å². The Kier molecular flexibility index (Phi) is 3.42. The van der Waals surface area contributed by atoms with Crippen LogP contribution in [0.4, 0.5) is 0 Å². The van der Waals surface area contributed by atoms with Crippen molar-refractivity contribution in [2.45, 2.75) is 63.9 Å². The van der Waals surface area contributed by atoms with Gasteiger partial charge in [0.1, 0.15) is 0 Å². The van der Waals surface area contributed by atoms with Crippen LogP contribution in [-0.4, -0.2) is 41.4 Å². The van der Waals surface area contributed by atoms with Crippen LogP contribution in [0.2, 0.25) is 0 Å². The number of ether oxygens (including phenoxy) is 2. The second-order valence-corrected chi connectivity index (χ2v) is 9.41. The van der Waals surface area contributed by atoms with E-state index in [-0.39, 0.29) is 29.0 Å². The van der Waals surface area contributed by atoms with Crippen molar-refractivity contribution >= 4 is 0 Å². The number of aliphatic hydroxyl groups excluding tert-OH is 2. The first-order valence-corrected chi connectivity index (χ1v) is 9.93. The van der Waals surface area contributed by atoms with Gasteiger partial charge < -0.3 is 19.7 Å². The summed E-state index contributed by atoms with van der Waals surface area (Å²) in [5.74, 6) is 0.415. The predicted molar refractivity (Wildman–Crippen MR) is 93.6 cm³/mol. The van der Waals surface area contributed by atoms with Crippen LogP contribution in [0.1, 0.15) is 46.0 Å². The van der Waals surface area contributed by atoms with Gasteiger partial charge in [0.15, 0.2) is 5.79 Å². The summed E-state index contributed by atoms with van der Waals surface area (Å²) >= 11 is 0. The molecule has 0 aromatic heterocycles. The second kappa shape index (κ2) is 5.19. The summed E-state index contributed by atoms with van der Waals surface area (Å²) in [5, 5.41) is 21.4. The second-order valence-electron chi connectivity index (χ2n) is 9.41. The quantitative estimate of drug-likeness (QED) is 0.662. The lowest BCUT2D eigenvalue weighted by Gasteiger charge is -2.60. The Morgan fingerprint density at radius 2 is 1.92 bits per heavy atom. The molecule has 4 aliphatic carbocycles. The maximum Gasteiger partial charge on any atom is 0.194 e. The predicted octanol–water partition coefficient (Wildman–Crippen LogP) is 2.80. The van der Waals surface area contributed by atoms with E-state index in [1.54, 1.807) is 0 Å². The molecule has 0 aromatic rings. The summed E-state index contributed by atoms with van der Waals surface area (Å²) in [6.07, 6.45) is 10.6. The third-order valence-electron chi connectivity index (χ3n) is 8.30. The Morgan fingerprint density at radius 3 is 2.68 bits per heavy atom. The molecule has 0 unspecified atom stereocenters. The Labute approximate surface area is 149 Å². The van der Waals surface area contributed by atoms with Gasteiger partial charge in [-0.2, -0.15) is 0 Å². The number of hydrogen-bond acceptors (Lipinski definition) is 4. The molecule has 0 radical (unpaired) electrons. The van der Waals surface area contributed by atoms with Gasteiger partial charge in [0.05, 0.1) is 25.4 Å². The van der Waals surface area contributed by atoms with Gasteiger partial charge in [0.25, 0.3) is 0 Å². The molecule has 0 amide bonds. The van der Waals surface area contributed by atoms with Crippen molar-refractivity contribution in [3.63, 3.8) is 0 Å². The molecule has 7 atom stereocenters. The van der Waals surface area contributed by atoms with Crippen molar-refractivity contribution in [1.82, 2.24) is 0 Å². The van der Waals surface area contributed by atoms with Crippen LogP contribution < -0.4 is 0 Å². The first kappa shape index (κ1) is 16.5. The molecule has 4 heteroatoms. The van der Waals surface area contributed by atoms with Crippen molar-refractivity contribution in [1.29, 1.82) is 0 Å². The summed E-state index contributed by atoms with van der Waals surface area (Å²) in [5.41, 5.74) is 1.20. The number of hydrogen-bond donors (Lipinski definition) is 2. The Hall–Kier alpha value is -0.680. The number of aliphatic hydroxyl groups is 2. The fraction of sp³-hybridized carbons (Fsp3) is 0.810. The molecule has 2 saturated carbocycles. The van der Waals surface area contributed by atoms with Gasteiger partial charge in [0, 0.05) is 5.41 Å². The van der Waals surface area contributed by atoms with E-state index in [4.69, 9.17) is 9.47 Å². The molecule has 2 N–H and O–H groups in total. The molecule has 4 nitrogen and oxygen atoms in total. The van der Waals surface area contributed by atoms with Crippen LogP contribution in [0.3, 0.4) is 0 Å². The minimum absolute atomic E-state index is 0.0177.